The second kappa shape index (κ2) is 5.11. The van der Waals surface area contributed by atoms with Gasteiger partial charge in [0.1, 0.15) is 0 Å². The van der Waals surface area contributed by atoms with E-state index in [4.69, 9.17) is 0 Å². The summed E-state index contributed by atoms with van der Waals surface area (Å²) >= 11 is 3.51. The number of carbonyl (C=O) groups is 1. The molecule has 3 aliphatic heterocycles. The predicted molar refractivity (Wildman–Crippen MR) is 74.7 cm³/mol. The lowest BCUT2D eigenvalue weighted by Crippen LogP contribution is -2.63. The summed E-state index contributed by atoms with van der Waals surface area (Å²) in [4.78, 5) is 17.2. The van der Waals surface area contributed by atoms with E-state index in [2.05, 4.69) is 25.7 Å². The molecule has 1 aromatic carbocycles. The smallest absolute Gasteiger partial charge is 0.155 e. The molecule has 0 N–H and O–H groups in total. The van der Waals surface area contributed by atoms with Crippen LogP contribution in [0.3, 0.4) is 0 Å². The third-order valence-electron chi connectivity index (χ3n) is 3.97. The summed E-state index contributed by atoms with van der Waals surface area (Å²) in [6.45, 7) is 5.26. The van der Waals surface area contributed by atoms with Gasteiger partial charge in [0.25, 0.3) is 0 Å². The maximum atomic E-state index is 12.4. The standard InChI is InChI=1S/C14H17BrN2O/c15-12-4-2-1-3-11(12)9-14(18)13-10-16-5-7-17(13)8-6-16/h1-4,13H,5-10H2. The first-order valence-electron chi connectivity index (χ1n) is 6.46. The van der Waals surface area contributed by atoms with Crippen molar-refractivity contribution in [2.75, 3.05) is 32.7 Å². The van der Waals surface area contributed by atoms with E-state index in [0.717, 1.165) is 42.8 Å². The molecule has 1 atom stereocenters. The Kier molecular flexibility index (Phi) is 3.50. The van der Waals surface area contributed by atoms with Gasteiger partial charge in [0.2, 0.25) is 0 Å². The molecule has 3 heterocycles. The Bertz CT molecular complexity index is 455. The van der Waals surface area contributed by atoms with Crippen molar-refractivity contribution in [3.8, 4) is 0 Å². The van der Waals surface area contributed by atoms with Gasteiger partial charge < -0.3 is 0 Å². The van der Waals surface area contributed by atoms with E-state index in [-0.39, 0.29) is 6.04 Å². The average Bonchev–Trinajstić information content (AvgIpc) is 2.42. The highest BCUT2D eigenvalue weighted by Gasteiger charge is 2.35. The van der Waals surface area contributed by atoms with Crippen molar-refractivity contribution in [1.82, 2.24) is 9.80 Å². The first-order chi connectivity index (χ1) is 8.74. The van der Waals surface area contributed by atoms with Crippen LogP contribution >= 0.6 is 15.9 Å². The second-order valence-electron chi connectivity index (χ2n) is 5.09. The fourth-order valence-electron chi connectivity index (χ4n) is 2.87. The van der Waals surface area contributed by atoms with E-state index >= 15 is 0 Å². The number of nitrogens with zero attached hydrogens (tertiary/aromatic N) is 2. The van der Waals surface area contributed by atoms with E-state index in [1.165, 1.54) is 0 Å². The second-order valence-corrected chi connectivity index (χ2v) is 5.94. The Balaban J connectivity index is 1.70. The molecule has 0 spiro atoms. The number of halogens is 1. The van der Waals surface area contributed by atoms with E-state index < -0.39 is 0 Å². The molecule has 0 aromatic heterocycles. The van der Waals surface area contributed by atoms with Gasteiger partial charge in [-0.25, -0.2) is 0 Å². The maximum absolute atomic E-state index is 12.4. The van der Waals surface area contributed by atoms with Crippen molar-refractivity contribution in [3.05, 3.63) is 34.3 Å². The molecule has 18 heavy (non-hydrogen) atoms. The van der Waals surface area contributed by atoms with Crippen molar-refractivity contribution < 1.29 is 4.79 Å². The number of Topliss-reactive ketones (excluding diaryl/α,β-unsaturated/α-hetero) is 1. The molecular weight excluding hydrogens is 292 g/mol. The van der Waals surface area contributed by atoms with Crippen LogP contribution in [0, 0.1) is 0 Å². The lowest BCUT2D eigenvalue weighted by atomic mass is 9.98. The molecule has 3 aliphatic rings. The summed E-state index contributed by atoms with van der Waals surface area (Å²) in [7, 11) is 0. The molecule has 2 bridgehead atoms. The summed E-state index contributed by atoms with van der Waals surface area (Å²) in [5.74, 6) is 0.353. The fourth-order valence-corrected chi connectivity index (χ4v) is 3.30. The molecule has 0 aliphatic carbocycles. The van der Waals surface area contributed by atoms with E-state index in [1.807, 2.05) is 24.3 Å². The Morgan fingerprint density at radius 3 is 2.56 bits per heavy atom. The zero-order valence-electron chi connectivity index (χ0n) is 10.3. The number of piperazine rings is 3. The van der Waals surface area contributed by atoms with Crippen LogP contribution in [0.25, 0.3) is 0 Å². The molecule has 4 rings (SSSR count). The zero-order valence-corrected chi connectivity index (χ0v) is 11.9. The maximum Gasteiger partial charge on any atom is 0.155 e. The van der Waals surface area contributed by atoms with Crippen molar-refractivity contribution in [2.24, 2.45) is 0 Å². The Morgan fingerprint density at radius 1 is 1.22 bits per heavy atom. The molecule has 4 heteroatoms. The van der Waals surface area contributed by atoms with Gasteiger partial charge in [-0.15, -0.1) is 0 Å². The molecule has 0 radical (unpaired) electrons. The average molecular weight is 309 g/mol. The summed E-state index contributed by atoms with van der Waals surface area (Å²) in [5.41, 5.74) is 1.10. The van der Waals surface area contributed by atoms with Crippen molar-refractivity contribution in [2.45, 2.75) is 12.5 Å². The van der Waals surface area contributed by atoms with Crippen molar-refractivity contribution >= 4 is 21.7 Å². The number of hydrogen-bond donors (Lipinski definition) is 0. The first kappa shape index (κ1) is 12.3. The molecule has 3 saturated heterocycles. The van der Waals surface area contributed by atoms with Crippen molar-refractivity contribution in [3.63, 3.8) is 0 Å². The van der Waals surface area contributed by atoms with Gasteiger partial charge in [0.15, 0.2) is 5.78 Å². The monoisotopic (exact) mass is 308 g/mol. The van der Waals surface area contributed by atoms with E-state index in [9.17, 15) is 4.79 Å². The summed E-state index contributed by atoms with van der Waals surface area (Å²) in [5, 5.41) is 0. The molecule has 3 nitrogen and oxygen atoms in total. The van der Waals surface area contributed by atoms with Gasteiger partial charge in [0.05, 0.1) is 6.04 Å². The van der Waals surface area contributed by atoms with E-state index in [1.54, 1.807) is 0 Å². The van der Waals surface area contributed by atoms with Crippen LogP contribution in [-0.2, 0) is 11.2 Å². The van der Waals surface area contributed by atoms with Gasteiger partial charge in [-0.1, -0.05) is 34.1 Å². The van der Waals surface area contributed by atoms with E-state index in [0.29, 0.717) is 12.2 Å². The SMILES string of the molecule is O=C(Cc1ccccc1Br)C1CN2CCN1CC2. The van der Waals surface area contributed by atoms with Crippen molar-refractivity contribution in [1.29, 1.82) is 0 Å². The van der Waals surface area contributed by atoms with Crippen LogP contribution in [0.2, 0.25) is 0 Å². The highest BCUT2D eigenvalue weighted by molar-refractivity contribution is 9.10. The minimum Gasteiger partial charge on any atom is -0.299 e. The van der Waals surface area contributed by atoms with Crippen LogP contribution in [0.4, 0.5) is 0 Å². The largest absolute Gasteiger partial charge is 0.299 e. The van der Waals surface area contributed by atoms with Crippen LogP contribution < -0.4 is 0 Å². The van der Waals surface area contributed by atoms with Crippen LogP contribution in [0.15, 0.2) is 28.7 Å². The van der Waals surface area contributed by atoms with Gasteiger partial charge >= 0.3 is 0 Å². The molecule has 1 aromatic rings. The predicted octanol–water partition coefficient (Wildman–Crippen LogP) is 1.56. The summed E-state index contributed by atoms with van der Waals surface area (Å²) < 4.78 is 1.04. The zero-order chi connectivity index (χ0) is 12.5. The lowest BCUT2D eigenvalue weighted by Gasteiger charge is -2.46. The molecule has 0 saturated carbocycles. The fraction of sp³-hybridized carbons (Fsp3) is 0.500. The number of ketones is 1. The van der Waals surface area contributed by atoms with Crippen LogP contribution in [0.5, 0.6) is 0 Å². The first-order valence-corrected chi connectivity index (χ1v) is 7.26. The number of hydrogen-bond acceptors (Lipinski definition) is 3. The Hall–Kier alpha value is -0.710. The topological polar surface area (TPSA) is 23.6 Å². The Morgan fingerprint density at radius 2 is 1.94 bits per heavy atom. The minimum absolute atomic E-state index is 0.111. The van der Waals surface area contributed by atoms with Gasteiger partial charge in [-0.05, 0) is 11.6 Å². The summed E-state index contributed by atoms with van der Waals surface area (Å²) in [6, 6.07) is 8.11. The molecule has 96 valence electrons. The lowest BCUT2D eigenvalue weighted by molar-refractivity contribution is -0.128. The number of fused-ring (bicyclic) bond motifs is 3. The Labute approximate surface area is 116 Å². The molecule has 3 fully saturated rings. The number of carbonyl (C=O) groups excluding carboxylic acids is 1. The third kappa shape index (κ3) is 2.37. The normalized spacial score (nSPS) is 30.4. The minimum atomic E-state index is 0.111. The molecular formula is C14H17BrN2O. The number of benzene rings is 1. The molecule has 1 unspecified atom stereocenters. The van der Waals surface area contributed by atoms with Crippen LogP contribution in [-0.4, -0.2) is 54.3 Å². The quantitative estimate of drug-likeness (QED) is 0.847. The highest BCUT2D eigenvalue weighted by Crippen LogP contribution is 2.21. The summed E-state index contributed by atoms with van der Waals surface area (Å²) in [6.07, 6.45) is 0.538. The third-order valence-corrected chi connectivity index (χ3v) is 4.75. The number of rotatable bonds is 3. The van der Waals surface area contributed by atoms with Gasteiger partial charge in [-0.3, -0.25) is 14.6 Å². The van der Waals surface area contributed by atoms with Crippen LogP contribution in [0.1, 0.15) is 5.56 Å². The molecule has 0 amide bonds. The van der Waals surface area contributed by atoms with Gasteiger partial charge in [0, 0.05) is 43.6 Å². The highest BCUT2D eigenvalue weighted by atomic mass is 79.9. The van der Waals surface area contributed by atoms with Gasteiger partial charge in [-0.2, -0.15) is 0 Å².